The van der Waals surface area contributed by atoms with Gasteiger partial charge in [0, 0.05) is 17.3 Å². The molecule has 0 radical (unpaired) electrons. The van der Waals surface area contributed by atoms with Gasteiger partial charge < -0.3 is 14.2 Å². The van der Waals surface area contributed by atoms with Crippen molar-refractivity contribution in [2.45, 2.75) is 6.92 Å². The summed E-state index contributed by atoms with van der Waals surface area (Å²) in [4.78, 5) is 27.3. The number of benzene rings is 1. The van der Waals surface area contributed by atoms with Crippen LogP contribution < -0.4 is 4.74 Å². The maximum absolute atomic E-state index is 11.8. The summed E-state index contributed by atoms with van der Waals surface area (Å²) in [5, 5.41) is 1.49. The maximum Gasteiger partial charge on any atom is 0.343 e. The fraction of sp³-hybridized carbons (Fsp3) is 0.267. The molecule has 0 aliphatic carbocycles. The molecule has 0 aliphatic heterocycles. The van der Waals surface area contributed by atoms with E-state index in [9.17, 15) is 9.59 Å². The van der Waals surface area contributed by atoms with Gasteiger partial charge in [0.15, 0.2) is 6.61 Å². The minimum absolute atomic E-state index is 0.236. The van der Waals surface area contributed by atoms with E-state index in [1.165, 1.54) is 14.2 Å². The van der Waals surface area contributed by atoms with Crippen LogP contribution in [0.2, 0.25) is 0 Å². The molecule has 0 atom stereocenters. The lowest BCUT2D eigenvalue weighted by Gasteiger charge is -2.12. The molecule has 0 bridgehead atoms. The third kappa shape index (κ3) is 3.10. The number of aryl methyl sites for hydroxylation is 1. The summed E-state index contributed by atoms with van der Waals surface area (Å²) in [5.74, 6) is -0.822. The molecule has 0 aliphatic rings. The molecule has 2 rings (SSSR count). The van der Waals surface area contributed by atoms with Crippen LogP contribution >= 0.6 is 0 Å². The molecule has 0 spiro atoms. The summed E-state index contributed by atoms with van der Waals surface area (Å²) in [6.45, 7) is 1.57. The van der Waals surface area contributed by atoms with Gasteiger partial charge in [-0.15, -0.1) is 0 Å². The molecule has 0 fully saturated rings. The summed E-state index contributed by atoms with van der Waals surface area (Å²) in [6.07, 6.45) is 1.60. The van der Waals surface area contributed by atoms with Crippen molar-refractivity contribution in [3.63, 3.8) is 0 Å². The molecule has 0 unspecified atom stereocenters. The smallest absolute Gasteiger partial charge is 0.343 e. The third-order valence-electron chi connectivity index (χ3n) is 2.96. The highest BCUT2D eigenvalue weighted by Gasteiger charge is 2.18. The van der Waals surface area contributed by atoms with Crippen LogP contribution in [-0.4, -0.2) is 37.7 Å². The largest absolute Gasteiger partial charge is 0.480 e. The van der Waals surface area contributed by atoms with Crippen LogP contribution in [0.5, 0.6) is 5.75 Å². The number of nitrogens with zero attached hydrogens (tertiary/aromatic N) is 1. The molecule has 0 saturated carbocycles. The lowest BCUT2D eigenvalue weighted by molar-refractivity contribution is -0.142. The van der Waals surface area contributed by atoms with Crippen molar-refractivity contribution in [1.82, 2.24) is 4.98 Å². The molecule has 0 saturated heterocycles. The van der Waals surface area contributed by atoms with Crippen LogP contribution in [0.15, 0.2) is 24.4 Å². The predicted molar refractivity (Wildman–Crippen MR) is 75.3 cm³/mol. The minimum atomic E-state index is -0.544. The summed E-state index contributed by atoms with van der Waals surface area (Å²) in [7, 11) is 2.55. The summed E-state index contributed by atoms with van der Waals surface area (Å²) < 4.78 is 14.7. The van der Waals surface area contributed by atoms with Gasteiger partial charge in [-0.05, 0) is 24.4 Å². The Kier molecular flexibility index (Phi) is 4.37. The molecule has 6 nitrogen and oxygen atoms in total. The van der Waals surface area contributed by atoms with Crippen molar-refractivity contribution in [3.8, 4) is 5.75 Å². The second-order valence-electron chi connectivity index (χ2n) is 4.35. The normalized spacial score (nSPS) is 10.2. The van der Waals surface area contributed by atoms with Gasteiger partial charge in [-0.2, -0.15) is 0 Å². The number of hydrogen-bond acceptors (Lipinski definition) is 6. The molecule has 1 aromatic heterocycles. The lowest BCUT2D eigenvalue weighted by Crippen LogP contribution is -2.15. The van der Waals surface area contributed by atoms with Gasteiger partial charge in [-0.25, -0.2) is 9.59 Å². The van der Waals surface area contributed by atoms with Gasteiger partial charge in [0.2, 0.25) is 0 Å². The Morgan fingerprint density at radius 2 is 1.95 bits per heavy atom. The Balaban J connectivity index is 2.53. The Morgan fingerprint density at radius 3 is 2.62 bits per heavy atom. The number of carbonyl (C=O) groups is 2. The number of hydrogen-bond donors (Lipinski definition) is 0. The topological polar surface area (TPSA) is 74.7 Å². The van der Waals surface area contributed by atoms with Crippen LogP contribution in [0.1, 0.15) is 16.1 Å². The highest BCUT2D eigenvalue weighted by atomic mass is 16.6. The first-order valence-electron chi connectivity index (χ1n) is 6.24. The fourth-order valence-electron chi connectivity index (χ4n) is 1.92. The van der Waals surface area contributed by atoms with Crippen molar-refractivity contribution in [2.24, 2.45) is 0 Å². The Labute approximate surface area is 121 Å². The second kappa shape index (κ2) is 6.21. The number of methoxy groups -OCH3 is 2. The number of esters is 2. The van der Waals surface area contributed by atoms with Gasteiger partial charge in [-0.3, -0.25) is 4.98 Å². The first-order chi connectivity index (χ1) is 10.1. The molecule has 110 valence electrons. The van der Waals surface area contributed by atoms with Crippen molar-refractivity contribution in [1.29, 1.82) is 0 Å². The zero-order valence-electron chi connectivity index (χ0n) is 12.0. The number of rotatable bonds is 4. The molecular formula is C15H15NO5. The van der Waals surface area contributed by atoms with Crippen LogP contribution in [0.3, 0.4) is 0 Å². The van der Waals surface area contributed by atoms with Gasteiger partial charge in [0.1, 0.15) is 11.3 Å². The number of fused-ring (bicyclic) bond motifs is 1. The van der Waals surface area contributed by atoms with Crippen molar-refractivity contribution in [2.75, 3.05) is 20.8 Å². The van der Waals surface area contributed by atoms with Crippen LogP contribution in [0.4, 0.5) is 0 Å². The van der Waals surface area contributed by atoms with Crippen molar-refractivity contribution >= 4 is 22.7 Å². The Bertz CT molecular complexity index is 696. The number of ether oxygens (including phenoxy) is 3. The summed E-state index contributed by atoms with van der Waals surface area (Å²) in [5.41, 5.74) is 1.08. The molecule has 21 heavy (non-hydrogen) atoms. The van der Waals surface area contributed by atoms with E-state index < -0.39 is 11.9 Å². The molecule has 0 N–H and O–H groups in total. The number of carbonyl (C=O) groups excluding carboxylic acids is 2. The highest BCUT2D eigenvalue weighted by Crippen LogP contribution is 2.30. The van der Waals surface area contributed by atoms with Crippen LogP contribution in [-0.2, 0) is 14.3 Å². The predicted octanol–water partition coefficient (Wildman–Crippen LogP) is 1.88. The zero-order valence-corrected chi connectivity index (χ0v) is 12.0. The highest BCUT2D eigenvalue weighted by molar-refractivity contribution is 6.01. The molecule has 1 aromatic carbocycles. The van der Waals surface area contributed by atoms with E-state index in [1.807, 2.05) is 13.0 Å². The number of aromatic nitrogens is 1. The minimum Gasteiger partial charge on any atom is -0.480 e. The Hall–Kier alpha value is -2.63. The van der Waals surface area contributed by atoms with Gasteiger partial charge in [0.05, 0.1) is 14.2 Å². The molecule has 1 heterocycles. The first kappa shape index (κ1) is 14.8. The maximum atomic E-state index is 11.8. The molecule has 6 heteroatoms. The Morgan fingerprint density at radius 1 is 1.19 bits per heavy atom. The summed E-state index contributed by atoms with van der Waals surface area (Å²) in [6, 6.07) is 5.24. The van der Waals surface area contributed by atoms with E-state index >= 15 is 0 Å². The second-order valence-corrected chi connectivity index (χ2v) is 4.35. The van der Waals surface area contributed by atoms with E-state index in [2.05, 4.69) is 9.72 Å². The lowest BCUT2D eigenvalue weighted by atomic mass is 10.1. The van der Waals surface area contributed by atoms with Gasteiger partial charge in [-0.1, -0.05) is 6.07 Å². The van der Waals surface area contributed by atoms with E-state index in [-0.39, 0.29) is 17.9 Å². The van der Waals surface area contributed by atoms with Crippen molar-refractivity contribution in [3.05, 3.63) is 35.7 Å². The average Bonchev–Trinajstić information content (AvgIpc) is 2.50. The van der Waals surface area contributed by atoms with E-state index in [4.69, 9.17) is 9.47 Å². The average molecular weight is 289 g/mol. The molecular weight excluding hydrogens is 274 g/mol. The summed E-state index contributed by atoms with van der Waals surface area (Å²) >= 11 is 0. The molecule has 2 aromatic rings. The van der Waals surface area contributed by atoms with E-state index in [0.29, 0.717) is 5.39 Å². The standard InChI is InChI=1S/C15H15NO5/c1-9-6-10-4-5-11(15(18)20-3)14(12(10)7-16-9)21-8-13(17)19-2/h4-7H,8H2,1-3H3. The number of pyridine rings is 1. The van der Waals surface area contributed by atoms with Gasteiger partial charge >= 0.3 is 11.9 Å². The van der Waals surface area contributed by atoms with E-state index in [0.717, 1.165) is 11.1 Å². The van der Waals surface area contributed by atoms with E-state index in [1.54, 1.807) is 18.3 Å². The van der Waals surface area contributed by atoms with Gasteiger partial charge in [0.25, 0.3) is 0 Å². The quantitative estimate of drug-likeness (QED) is 0.800. The SMILES string of the molecule is COC(=O)COc1c(C(=O)OC)ccc2cc(C)ncc12. The fourth-order valence-corrected chi connectivity index (χ4v) is 1.92. The monoisotopic (exact) mass is 289 g/mol. The zero-order chi connectivity index (χ0) is 15.4. The van der Waals surface area contributed by atoms with Crippen molar-refractivity contribution < 1.29 is 23.8 Å². The van der Waals surface area contributed by atoms with Crippen LogP contribution in [0.25, 0.3) is 10.8 Å². The first-order valence-corrected chi connectivity index (χ1v) is 6.24. The van der Waals surface area contributed by atoms with Crippen LogP contribution in [0, 0.1) is 6.92 Å². The third-order valence-corrected chi connectivity index (χ3v) is 2.96. The molecule has 0 amide bonds.